The van der Waals surface area contributed by atoms with Crippen molar-refractivity contribution in [2.45, 2.75) is 37.8 Å². The first kappa shape index (κ1) is 27.4. The Balaban J connectivity index is 1.71. The highest BCUT2D eigenvalue weighted by atomic mass is 16.5. The smallest absolute Gasteiger partial charge is 0.248 e. The molecule has 0 heterocycles. The number of phenols is 1. The van der Waals surface area contributed by atoms with E-state index in [0.717, 1.165) is 0 Å². The van der Waals surface area contributed by atoms with Crippen LogP contribution in [0.25, 0.3) is 11.1 Å². The lowest BCUT2D eigenvalue weighted by Gasteiger charge is -2.51. The number of aliphatic hydroxyl groups is 3. The number of methoxy groups -OCH3 is 1. The molecule has 0 fully saturated rings. The highest BCUT2D eigenvalue weighted by molar-refractivity contribution is 6.14. The Morgan fingerprint density at radius 1 is 1.10 bits per heavy atom. The average molecular weight is 549 g/mol. The molecule has 3 aliphatic carbocycles. The number of rotatable bonds is 5. The van der Waals surface area contributed by atoms with Crippen molar-refractivity contribution >= 4 is 17.5 Å². The van der Waals surface area contributed by atoms with E-state index < -0.39 is 47.3 Å². The van der Waals surface area contributed by atoms with E-state index in [9.17, 15) is 34.8 Å². The quantitative estimate of drug-likeness (QED) is 0.353. The van der Waals surface area contributed by atoms with Crippen LogP contribution in [0.3, 0.4) is 0 Å². The maximum absolute atomic E-state index is 14.0. The Morgan fingerprint density at radius 2 is 1.80 bits per heavy atom. The minimum Gasteiger partial charge on any atom is -0.510 e. The van der Waals surface area contributed by atoms with Gasteiger partial charge in [0.25, 0.3) is 0 Å². The van der Waals surface area contributed by atoms with E-state index in [1.807, 2.05) is 0 Å². The van der Waals surface area contributed by atoms with Crippen LogP contribution in [0.2, 0.25) is 0 Å². The Kier molecular flexibility index (Phi) is 6.51. The minimum absolute atomic E-state index is 0.0129. The SMILES string of the molecule is COc1ccc(C(C)=O)cc1-c1ccc(O)c2c1CC1CC3C(N(C)C)C(O)=C(C(N)=O)CC3(O)C(O)=C1C2=O. The van der Waals surface area contributed by atoms with Gasteiger partial charge in [0.15, 0.2) is 11.6 Å². The van der Waals surface area contributed by atoms with Crippen LogP contribution in [0.1, 0.15) is 46.0 Å². The molecule has 0 aromatic heterocycles. The van der Waals surface area contributed by atoms with Crippen LogP contribution in [-0.2, 0) is 11.2 Å². The van der Waals surface area contributed by atoms with Crippen molar-refractivity contribution in [2.75, 3.05) is 21.2 Å². The topological polar surface area (TPSA) is 171 Å². The summed E-state index contributed by atoms with van der Waals surface area (Å²) in [6.07, 6.45) is -0.0380. The number of benzene rings is 2. The van der Waals surface area contributed by atoms with Gasteiger partial charge in [-0.05, 0) is 75.2 Å². The van der Waals surface area contributed by atoms with Gasteiger partial charge >= 0.3 is 0 Å². The summed E-state index contributed by atoms with van der Waals surface area (Å²) < 4.78 is 5.55. The highest BCUT2D eigenvalue weighted by Crippen LogP contribution is 2.54. The van der Waals surface area contributed by atoms with Crippen molar-refractivity contribution in [1.29, 1.82) is 0 Å². The molecule has 3 aliphatic rings. The molecule has 0 aliphatic heterocycles. The summed E-state index contributed by atoms with van der Waals surface area (Å²) in [5.41, 5.74) is 5.33. The first-order valence-corrected chi connectivity index (χ1v) is 12.9. The lowest BCUT2D eigenvalue weighted by atomic mass is 9.59. The first-order chi connectivity index (χ1) is 18.8. The van der Waals surface area contributed by atoms with Gasteiger partial charge in [-0.2, -0.15) is 0 Å². The molecule has 2 aromatic carbocycles. The van der Waals surface area contributed by atoms with Crippen LogP contribution in [-0.4, -0.2) is 75.6 Å². The van der Waals surface area contributed by atoms with Crippen LogP contribution in [0.5, 0.6) is 11.5 Å². The fourth-order valence-electron chi connectivity index (χ4n) is 6.72. The van der Waals surface area contributed by atoms with Crippen LogP contribution in [0.4, 0.5) is 0 Å². The number of phenolic OH excluding ortho intramolecular Hbond substituents is 1. The lowest BCUT2D eigenvalue weighted by Crippen LogP contribution is -2.59. The molecule has 4 atom stereocenters. The maximum atomic E-state index is 14.0. The summed E-state index contributed by atoms with van der Waals surface area (Å²) in [7, 11) is 4.84. The third kappa shape index (κ3) is 3.89. The molecule has 40 heavy (non-hydrogen) atoms. The molecule has 0 saturated carbocycles. The first-order valence-electron chi connectivity index (χ1n) is 12.9. The summed E-state index contributed by atoms with van der Waals surface area (Å²) >= 11 is 0. The van der Waals surface area contributed by atoms with Gasteiger partial charge in [-0.25, -0.2) is 0 Å². The minimum atomic E-state index is -2.03. The zero-order valence-electron chi connectivity index (χ0n) is 22.7. The molecule has 2 aromatic rings. The molecule has 4 unspecified atom stereocenters. The molecule has 0 radical (unpaired) electrons. The van der Waals surface area contributed by atoms with Crippen molar-refractivity contribution in [3.8, 4) is 22.6 Å². The number of nitrogens with zero attached hydrogens (tertiary/aromatic N) is 1. The summed E-state index contributed by atoms with van der Waals surface area (Å²) in [4.78, 5) is 39.9. The van der Waals surface area contributed by atoms with E-state index in [2.05, 4.69) is 0 Å². The standard InChI is InChI=1S/C30H32N2O8/c1-13(33)14-5-8-22(40-4)17(9-14)16-6-7-21(34)24-18(16)10-15-11-20-25(32(2)3)26(35)19(29(31)38)12-30(20,39)28(37)23(15)27(24)36/h5-9,15,20,25,34-35,37,39H,10-12H2,1-4H3,(H2,31,38). The maximum Gasteiger partial charge on any atom is 0.248 e. The fraction of sp³-hybridized carbons (Fsp3) is 0.367. The Hall–Kier alpha value is -4.15. The Labute approximate surface area is 231 Å². The number of amides is 1. The second-order valence-electron chi connectivity index (χ2n) is 11.0. The number of hydrogen-bond donors (Lipinski definition) is 5. The lowest BCUT2D eigenvalue weighted by molar-refractivity contribution is -0.118. The number of ketones is 2. The second-order valence-corrected chi connectivity index (χ2v) is 11.0. The van der Waals surface area contributed by atoms with Gasteiger partial charge in [-0.3, -0.25) is 19.3 Å². The van der Waals surface area contributed by atoms with Gasteiger partial charge in [0.05, 0.1) is 24.3 Å². The normalized spacial score (nSPS) is 25.9. The predicted octanol–water partition coefficient (Wildman–Crippen LogP) is 2.82. The molecular weight excluding hydrogens is 516 g/mol. The van der Waals surface area contributed by atoms with E-state index in [4.69, 9.17) is 10.5 Å². The van der Waals surface area contributed by atoms with Crippen molar-refractivity contribution in [3.63, 3.8) is 0 Å². The molecule has 0 spiro atoms. The van der Waals surface area contributed by atoms with E-state index in [1.165, 1.54) is 20.1 Å². The van der Waals surface area contributed by atoms with Gasteiger partial charge < -0.3 is 30.9 Å². The second kappa shape index (κ2) is 9.50. The summed E-state index contributed by atoms with van der Waals surface area (Å²) in [5, 5.41) is 45.1. The number of likely N-dealkylation sites (N-methyl/N-ethyl adjacent to an activating group) is 1. The number of nitrogens with two attached hydrogens (primary N) is 1. The monoisotopic (exact) mass is 548 g/mol. The predicted molar refractivity (Wildman–Crippen MR) is 145 cm³/mol. The summed E-state index contributed by atoms with van der Waals surface area (Å²) in [6.45, 7) is 1.45. The summed E-state index contributed by atoms with van der Waals surface area (Å²) in [5.74, 6) is -3.73. The zero-order valence-corrected chi connectivity index (χ0v) is 22.7. The molecule has 1 amide bonds. The number of aromatic hydroxyl groups is 1. The largest absolute Gasteiger partial charge is 0.510 e. The number of carbonyl (C=O) groups is 3. The molecular formula is C30H32N2O8. The molecule has 5 rings (SSSR count). The number of aliphatic hydroxyl groups excluding tert-OH is 2. The van der Waals surface area contributed by atoms with Gasteiger partial charge in [-0.15, -0.1) is 0 Å². The van der Waals surface area contributed by atoms with Gasteiger partial charge in [0.2, 0.25) is 5.91 Å². The number of carbonyl (C=O) groups excluding carboxylic acids is 3. The number of fused-ring (bicyclic) bond motifs is 3. The van der Waals surface area contributed by atoms with Crippen LogP contribution >= 0.6 is 0 Å². The molecule has 10 nitrogen and oxygen atoms in total. The highest BCUT2D eigenvalue weighted by Gasteiger charge is 2.58. The number of hydrogen-bond acceptors (Lipinski definition) is 9. The third-order valence-electron chi connectivity index (χ3n) is 8.61. The van der Waals surface area contributed by atoms with Crippen LogP contribution in [0, 0.1) is 11.8 Å². The van der Waals surface area contributed by atoms with Crippen molar-refractivity contribution in [2.24, 2.45) is 17.6 Å². The van der Waals surface area contributed by atoms with Crippen LogP contribution < -0.4 is 10.5 Å². The Morgan fingerprint density at radius 3 is 2.40 bits per heavy atom. The van der Waals surface area contributed by atoms with E-state index >= 15 is 0 Å². The third-order valence-corrected chi connectivity index (χ3v) is 8.61. The number of primary amides is 1. The number of ether oxygens (including phenoxy) is 1. The van der Waals surface area contributed by atoms with Crippen molar-refractivity contribution in [3.05, 3.63) is 69.7 Å². The van der Waals surface area contributed by atoms with Crippen molar-refractivity contribution < 1.29 is 39.5 Å². The van der Waals surface area contributed by atoms with Gasteiger partial charge in [-0.1, -0.05) is 6.07 Å². The average Bonchev–Trinajstić information content (AvgIpc) is 2.89. The molecule has 0 saturated heterocycles. The summed E-state index contributed by atoms with van der Waals surface area (Å²) in [6, 6.07) is 7.18. The van der Waals surface area contributed by atoms with Crippen molar-refractivity contribution in [1.82, 2.24) is 4.90 Å². The number of Topliss-reactive ketones (excluding diaryl/α,β-unsaturated/α-hetero) is 2. The zero-order chi connectivity index (χ0) is 29.3. The van der Waals surface area contributed by atoms with Gasteiger partial charge in [0, 0.05) is 29.0 Å². The van der Waals surface area contributed by atoms with Gasteiger partial charge in [0.1, 0.15) is 28.6 Å². The Bertz CT molecular complexity index is 1540. The molecule has 0 bridgehead atoms. The van der Waals surface area contributed by atoms with E-state index in [1.54, 1.807) is 43.3 Å². The fourth-order valence-corrected chi connectivity index (χ4v) is 6.72. The molecule has 6 N–H and O–H groups in total. The number of allylic oxidation sites excluding steroid dienone is 1. The van der Waals surface area contributed by atoms with E-state index in [0.29, 0.717) is 28.0 Å². The van der Waals surface area contributed by atoms with E-state index in [-0.39, 0.29) is 46.8 Å². The van der Waals surface area contributed by atoms with Crippen LogP contribution in [0.15, 0.2) is 53.0 Å². The molecule has 210 valence electrons. The molecule has 10 heteroatoms.